The van der Waals surface area contributed by atoms with Gasteiger partial charge in [-0.3, -0.25) is 4.98 Å². The summed E-state index contributed by atoms with van der Waals surface area (Å²) in [6, 6.07) is 3.67. The van der Waals surface area contributed by atoms with E-state index in [-0.39, 0.29) is 6.10 Å². The van der Waals surface area contributed by atoms with Crippen LogP contribution in [0.1, 0.15) is 47.3 Å². The molecular formula is C14H16N2O3. The fourth-order valence-corrected chi connectivity index (χ4v) is 1.82. The summed E-state index contributed by atoms with van der Waals surface area (Å²) in [6.45, 7) is 5.43. The highest BCUT2D eigenvalue weighted by atomic mass is 16.5. The maximum Gasteiger partial charge on any atom is 0.344 e. The number of rotatable bonds is 4. The van der Waals surface area contributed by atoms with E-state index in [1.165, 1.54) is 0 Å². The van der Waals surface area contributed by atoms with Gasteiger partial charge < -0.3 is 9.26 Å². The summed E-state index contributed by atoms with van der Waals surface area (Å²) in [6.07, 6.45) is 3.62. The van der Waals surface area contributed by atoms with Gasteiger partial charge in [-0.15, -0.1) is 0 Å². The van der Waals surface area contributed by atoms with Crippen molar-refractivity contribution in [3.8, 4) is 0 Å². The van der Waals surface area contributed by atoms with E-state index in [1.54, 1.807) is 19.3 Å². The SMILES string of the molecule is CCc1noc(C)c1C(=O)OC(C)c1cccnc1. The predicted octanol–water partition coefficient (Wildman–Crippen LogP) is 2.86. The summed E-state index contributed by atoms with van der Waals surface area (Å²) in [5.41, 5.74) is 1.90. The molecule has 0 amide bonds. The molecule has 0 saturated heterocycles. The van der Waals surface area contributed by atoms with Gasteiger partial charge in [0.25, 0.3) is 0 Å². The minimum absolute atomic E-state index is 0.361. The first-order valence-corrected chi connectivity index (χ1v) is 6.19. The van der Waals surface area contributed by atoms with Gasteiger partial charge >= 0.3 is 5.97 Å². The molecule has 1 atom stereocenters. The average Bonchev–Trinajstić information content (AvgIpc) is 2.80. The van der Waals surface area contributed by atoms with Crippen LogP contribution in [0.3, 0.4) is 0 Å². The number of carbonyl (C=O) groups excluding carboxylic acids is 1. The number of esters is 1. The minimum atomic E-state index is -0.410. The van der Waals surface area contributed by atoms with Gasteiger partial charge in [0, 0.05) is 18.0 Å². The summed E-state index contributed by atoms with van der Waals surface area (Å²) in [5, 5.41) is 3.85. The molecule has 0 aromatic carbocycles. The van der Waals surface area contributed by atoms with Crippen molar-refractivity contribution in [1.29, 1.82) is 0 Å². The summed E-state index contributed by atoms with van der Waals surface area (Å²) < 4.78 is 10.5. The summed E-state index contributed by atoms with van der Waals surface area (Å²) >= 11 is 0. The molecule has 0 saturated carbocycles. The summed E-state index contributed by atoms with van der Waals surface area (Å²) in [5.74, 6) is 0.0761. The van der Waals surface area contributed by atoms with Crippen molar-refractivity contribution in [3.63, 3.8) is 0 Å². The summed E-state index contributed by atoms with van der Waals surface area (Å²) in [4.78, 5) is 16.2. The monoisotopic (exact) mass is 260 g/mol. The number of carbonyl (C=O) groups is 1. The lowest BCUT2D eigenvalue weighted by Crippen LogP contribution is -2.11. The smallest absolute Gasteiger partial charge is 0.344 e. The van der Waals surface area contributed by atoms with Crippen molar-refractivity contribution in [2.45, 2.75) is 33.3 Å². The highest BCUT2D eigenvalue weighted by Gasteiger charge is 2.22. The molecule has 2 heterocycles. The molecule has 5 heteroatoms. The highest BCUT2D eigenvalue weighted by Crippen LogP contribution is 2.21. The molecule has 2 rings (SSSR count). The Morgan fingerprint density at radius 3 is 2.95 bits per heavy atom. The molecular weight excluding hydrogens is 244 g/mol. The molecule has 19 heavy (non-hydrogen) atoms. The first-order chi connectivity index (χ1) is 9.13. The molecule has 1 unspecified atom stereocenters. The molecule has 0 spiro atoms. The molecule has 2 aromatic heterocycles. The Hall–Kier alpha value is -2.17. The van der Waals surface area contributed by atoms with Gasteiger partial charge in [-0.1, -0.05) is 18.1 Å². The Balaban J connectivity index is 2.15. The molecule has 0 aliphatic carbocycles. The lowest BCUT2D eigenvalue weighted by atomic mass is 10.1. The number of hydrogen-bond acceptors (Lipinski definition) is 5. The van der Waals surface area contributed by atoms with Crippen LogP contribution in [0.2, 0.25) is 0 Å². The molecule has 5 nitrogen and oxygen atoms in total. The van der Waals surface area contributed by atoms with E-state index < -0.39 is 5.97 Å². The molecule has 0 fully saturated rings. The van der Waals surface area contributed by atoms with E-state index in [2.05, 4.69) is 10.1 Å². The van der Waals surface area contributed by atoms with Crippen LogP contribution in [0.15, 0.2) is 29.0 Å². The third kappa shape index (κ3) is 2.81. The second kappa shape index (κ2) is 5.65. The molecule has 0 bridgehead atoms. The van der Waals surface area contributed by atoms with E-state index in [0.29, 0.717) is 23.4 Å². The third-order valence-corrected chi connectivity index (χ3v) is 2.91. The van der Waals surface area contributed by atoms with Gasteiger partial charge in [0.05, 0.1) is 5.69 Å². The van der Waals surface area contributed by atoms with Crippen LogP contribution in [-0.4, -0.2) is 16.1 Å². The summed E-state index contributed by atoms with van der Waals surface area (Å²) in [7, 11) is 0. The van der Waals surface area contributed by atoms with Crippen molar-refractivity contribution < 1.29 is 14.1 Å². The Morgan fingerprint density at radius 1 is 1.53 bits per heavy atom. The molecule has 0 aliphatic rings. The largest absolute Gasteiger partial charge is 0.454 e. The average molecular weight is 260 g/mol. The zero-order chi connectivity index (χ0) is 13.8. The molecule has 100 valence electrons. The van der Waals surface area contributed by atoms with Crippen LogP contribution in [0.5, 0.6) is 0 Å². The quantitative estimate of drug-likeness (QED) is 0.791. The van der Waals surface area contributed by atoms with Crippen molar-refractivity contribution in [3.05, 3.63) is 47.1 Å². The van der Waals surface area contributed by atoms with E-state index >= 15 is 0 Å². The molecule has 0 N–H and O–H groups in total. The first kappa shape index (κ1) is 13.3. The second-order valence-corrected chi connectivity index (χ2v) is 4.25. The van der Waals surface area contributed by atoms with Gasteiger partial charge in [-0.05, 0) is 26.3 Å². The van der Waals surface area contributed by atoms with Gasteiger partial charge in [0.1, 0.15) is 17.4 Å². The van der Waals surface area contributed by atoms with Crippen molar-refractivity contribution in [2.75, 3.05) is 0 Å². The minimum Gasteiger partial charge on any atom is -0.454 e. The number of ether oxygens (including phenoxy) is 1. The number of aryl methyl sites for hydroxylation is 2. The number of pyridine rings is 1. The standard InChI is InChI=1S/C14H16N2O3/c1-4-12-13(10(3)19-16-12)14(17)18-9(2)11-6-5-7-15-8-11/h5-9H,4H2,1-3H3. The Kier molecular flexibility index (Phi) is 3.94. The number of nitrogens with zero attached hydrogens (tertiary/aromatic N) is 2. The van der Waals surface area contributed by atoms with Crippen LogP contribution in [-0.2, 0) is 11.2 Å². The van der Waals surface area contributed by atoms with Gasteiger partial charge in [0.15, 0.2) is 0 Å². The van der Waals surface area contributed by atoms with E-state index in [9.17, 15) is 4.79 Å². The molecule has 0 radical (unpaired) electrons. The van der Waals surface area contributed by atoms with Crippen LogP contribution >= 0.6 is 0 Å². The highest BCUT2D eigenvalue weighted by molar-refractivity contribution is 5.91. The fraction of sp³-hybridized carbons (Fsp3) is 0.357. The van der Waals surface area contributed by atoms with Gasteiger partial charge in [-0.25, -0.2) is 4.79 Å². The number of hydrogen-bond donors (Lipinski definition) is 0. The van der Waals surface area contributed by atoms with Crippen LogP contribution in [0.25, 0.3) is 0 Å². The zero-order valence-corrected chi connectivity index (χ0v) is 11.2. The fourth-order valence-electron chi connectivity index (χ4n) is 1.82. The topological polar surface area (TPSA) is 65.2 Å². The normalized spacial score (nSPS) is 12.2. The molecule has 2 aromatic rings. The Morgan fingerprint density at radius 2 is 2.32 bits per heavy atom. The van der Waals surface area contributed by atoms with Crippen molar-refractivity contribution in [2.24, 2.45) is 0 Å². The predicted molar refractivity (Wildman–Crippen MR) is 68.7 cm³/mol. The second-order valence-electron chi connectivity index (χ2n) is 4.25. The maximum absolute atomic E-state index is 12.1. The molecule has 0 aliphatic heterocycles. The van der Waals surface area contributed by atoms with Crippen LogP contribution in [0.4, 0.5) is 0 Å². The number of aromatic nitrogens is 2. The van der Waals surface area contributed by atoms with Crippen molar-refractivity contribution >= 4 is 5.97 Å². The maximum atomic E-state index is 12.1. The zero-order valence-electron chi connectivity index (χ0n) is 11.2. The van der Waals surface area contributed by atoms with Gasteiger partial charge in [-0.2, -0.15) is 0 Å². The van der Waals surface area contributed by atoms with Crippen LogP contribution < -0.4 is 0 Å². The van der Waals surface area contributed by atoms with Crippen molar-refractivity contribution in [1.82, 2.24) is 10.1 Å². The Bertz CT molecular complexity index is 563. The van der Waals surface area contributed by atoms with E-state index in [0.717, 1.165) is 5.56 Å². The van der Waals surface area contributed by atoms with Gasteiger partial charge in [0.2, 0.25) is 0 Å². The Labute approximate surface area is 111 Å². The third-order valence-electron chi connectivity index (χ3n) is 2.91. The lowest BCUT2D eigenvalue weighted by molar-refractivity contribution is 0.0334. The van der Waals surface area contributed by atoms with Crippen LogP contribution in [0, 0.1) is 6.92 Å². The van der Waals surface area contributed by atoms with E-state index in [1.807, 2.05) is 26.0 Å². The van der Waals surface area contributed by atoms with E-state index in [4.69, 9.17) is 9.26 Å². The lowest BCUT2D eigenvalue weighted by Gasteiger charge is -2.12. The first-order valence-electron chi connectivity index (χ1n) is 6.19.